The average Bonchev–Trinajstić information content (AvgIpc) is 3.72. The Labute approximate surface area is 273 Å². The summed E-state index contributed by atoms with van der Waals surface area (Å²) in [5, 5.41) is 4.63. The molecule has 6 nitrogen and oxygen atoms in total. The number of nitrogens with zero attached hydrogens (tertiary/aromatic N) is 4. The fourth-order valence-corrected chi connectivity index (χ4v) is 6.98. The minimum Gasteiger partial charge on any atom is -0.457 e. The van der Waals surface area contributed by atoms with E-state index < -0.39 is 0 Å². The standard InChI is InChI=1S/C41H34N4O2/c1-41(2,3)26-18-19-42-40(20-26)45-34-14-7-5-12-30(34)31-17-16-29(22-35(31)45)46-28-11-9-10-27(21-28)44-25-43(4)36-23-33-32-13-6-8-15-38(32)47-39(33)24-37(36)44/h5-24H,25H2,1-4H3. The third kappa shape index (κ3) is 4.43. The molecular formula is C41H34N4O2. The second kappa shape index (κ2) is 10.1. The van der Waals surface area contributed by atoms with Gasteiger partial charge < -0.3 is 19.0 Å². The van der Waals surface area contributed by atoms with Crippen molar-refractivity contribution in [3.63, 3.8) is 0 Å². The summed E-state index contributed by atoms with van der Waals surface area (Å²) in [6, 6.07) is 40.1. The van der Waals surface area contributed by atoms with Crippen LogP contribution in [0.1, 0.15) is 26.3 Å². The van der Waals surface area contributed by atoms with E-state index in [9.17, 15) is 0 Å². The molecule has 9 rings (SSSR count). The predicted molar refractivity (Wildman–Crippen MR) is 193 cm³/mol. The maximum atomic E-state index is 6.58. The summed E-state index contributed by atoms with van der Waals surface area (Å²) >= 11 is 0. The topological polar surface area (TPSA) is 46.7 Å². The Hall–Kier alpha value is -5.75. The van der Waals surface area contributed by atoms with Gasteiger partial charge in [0, 0.05) is 58.7 Å². The second-order valence-electron chi connectivity index (χ2n) is 13.5. The molecule has 230 valence electrons. The number of ether oxygens (including phenoxy) is 1. The van der Waals surface area contributed by atoms with Crippen molar-refractivity contribution in [2.45, 2.75) is 26.2 Å². The monoisotopic (exact) mass is 614 g/mol. The zero-order valence-corrected chi connectivity index (χ0v) is 26.9. The van der Waals surface area contributed by atoms with Crippen LogP contribution in [0.5, 0.6) is 11.5 Å². The molecule has 0 N–H and O–H groups in total. The molecule has 47 heavy (non-hydrogen) atoms. The summed E-state index contributed by atoms with van der Waals surface area (Å²) in [5.41, 5.74) is 8.59. The Morgan fingerprint density at radius 1 is 0.660 bits per heavy atom. The molecular weight excluding hydrogens is 580 g/mol. The minimum atomic E-state index is 0.0124. The van der Waals surface area contributed by atoms with Gasteiger partial charge in [0.25, 0.3) is 0 Å². The van der Waals surface area contributed by atoms with Crippen molar-refractivity contribution in [1.82, 2.24) is 9.55 Å². The van der Waals surface area contributed by atoms with E-state index in [-0.39, 0.29) is 5.41 Å². The largest absolute Gasteiger partial charge is 0.457 e. The summed E-state index contributed by atoms with van der Waals surface area (Å²) < 4.78 is 15.1. The second-order valence-corrected chi connectivity index (χ2v) is 13.5. The summed E-state index contributed by atoms with van der Waals surface area (Å²) in [5.74, 6) is 2.45. The van der Waals surface area contributed by atoms with Crippen LogP contribution >= 0.6 is 0 Å². The van der Waals surface area contributed by atoms with E-state index in [4.69, 9.17) is 14.1 Å². The molecule has 1 aliphatic rings. The van der Waals surface area contributed by atoms with Crippen molar-refractivity contribution >= 4 is 60.8 Å². The molecule has 0 spiro atoms. The SMILES string of the molecule is CN1CN(c2cccc(Oc3ccc4c5ccccc5n(-c5cc(C(C)(C)C)ccn5)c4c3)c2)c2cc3oc4ccccc4c3cc21. The van der Waals surface area contributed by atoms with E-state index in [1.807, 2.05) is 24.4 Å². The van der Waals surface area contributed by atoms with Gasteiger partial charge in [-0.1, -0.05) is 63.2 Å². The summed E-state index contributed by atoms with van der Waals surface area (Å²) in [7, 11) is 2.13. The predicted octanol–water partition coefficient (Wildman–Crippen LogP) is 10.7. The van der Waals surface area contributed by atoms with E-state index in [1.165, 1.54) is 22.0 Å². The molecule has 1 aliphatic heterocycles. The zero-order chi connectivity index (χ0) is 31.9. The molecule has 3 aromatic heterocycles. The maximum absolute atomic E-state index is 6.58. The number of rotatable bonds is 4. The third-order valence-corrected chi connectivity index (χ3v) is 9.38. The Morgan fingerprint density at radius 3 is 2.32 bits per heavy atom. The van der Waals surface area contributed by atoms with Crippen LogP contribution in [-0.4, -0.2) is 23.3 Å². The molecule has 0 radical (unpaired) electrons. The van der Waals surface area contributed by atoms with Crippen LogP contribution in [0.3, 0.4) is 0 Å². The number of pyridine rings is 1. The number of para-hydroxylation sites is 2. The summed E-state index contributed by atoms with van der Waals surface area (Å²) in [6.45, 7) is 7.43. The number of benzene rings is 5. The summed E-state index contributed by atoms with van der Waals surface area (Å²) in [6.07, 6.45) is 1.91. The third-order valence-electron chi connectivity index (χ3n) is 9.38. The van der Waals surface area contributed by atoms with Crippen molar-refractivity contribution in [3.05, 3.63) is 127 Å². The van der Waals surface area contributed by atoms with Gasteiger partial charge in [-0.25, -0.2) is 4.98 Å². The van der Waals surface area contributed by atoms with Crippen LogP contribution in [0.25, 0.3) is 49.6 Å². The van der Waals surface area contributed by atoms with Crippen molar-refractivity contribution in [3.8, 4) is 17.3 Å². The molecule has 0 unspecified atom stereocenters. The molecule has 4 heterocycles. The highest BCUT2D eigenvalue weighted by atomic mass is 16.5. The highest BCUT2D eigenvalue weighted by molar-refractivity contribution is 6.10. The first-order valence-electron chi connectivity index (χ1n) is 16.0. The maximum Gasteiger partial charge on any atom is 0.137 e. The first-order chi connectivity index (χ1) is 22.8. The van der Waals surface area contributed by atoms with Gasteiger partial charge in [0.15, 0.2) is 0 Å². The van der Waals surface area contributed by atoms with E-state index in [2.05, 4.69) is 139 Å². The van der Waals surface area contributed by atoms with Crippen LogP contribution in [0, 0.1) is 0 Å². The highest BCUT2D eigenvalue weighted by Gasteiger charge is 2.27. The van der Waals surface area contributed by atoms with Crippen LogP contribution in [0.15, 0.2) is 126 Å². The number of fused-ring (bicyclic) bond motifs is 7. The molecule has 0 saturated carbocycles. The van der Waals surface area contributed by atoms with Gasteiger partial charge in [-0.05, 0) is 65.6 Å². The zero-order valence-electron chi connectivity index (χ0n) is 26.9. The molecule has 6 heteroatoms. The van der Waals surface area contributed by atoms with Crippen molar-refractivity contribution in [2.24, 2.45) is 0 Å². The lowest BCUT2D eigenvalue weighted by Crippen LogP contribution is -2.23. The Morgan fingerprint density at radius 2 is 1.45 bits per heavy atom. The number of hydrogen-bond acceptors (Lipinski definition) is 5. The van der Waals surface area contributed by atoms with E-state index >= 15 is 0 Å². The average molecular weight is 615 g/mol. The Kier molecular flexibility index (Phi) is 5.94. The van der Waals surface area contributed by atoms with E-state index in [0.29, 0.717) is 0 Å². The van der Waals surface area contributed by atoms with E-state index in [0.717, 1.165) is 68.3 Å². The van der Waals surface area contributed by atoms with Crippen molar-refractivity contribution < 1.29 is 9.15 Å². The molecule has 5 aromatic carbocycles. The number of hydrogen-bond donors (Lipinski definition) is 0. The molecule has 0 atom stereocenters. The summed E-state index contributed by atoms with van der Waals surface area (Å²) in [4.78, 5) is 9.41. The van der Waals surface area contributed by atoms with Gasteiger partial charge in [0.1, 0.15) is 28.5 Å². The fourth-order valence-electron chi connectivity index (χ4n) is 6.98. The quantitative estimate of drug-likeness (QED) is 0.197. The first kappa shape index (κ1) is 27.6. The van der Waals surface area contributed by atoms with Gasteiger partial charge in [-0.2, -0.15) is 0 Å². The molecule has 0 amide bonds. The number of anilines is 3. The Bertz CT molecular complexity index is 2500. The first-order valence-corrected chi connectivity index (χ1v) is 16.0. The van der Waals surface area contributed by atoms with Crippen molar-refractivity contribution in [2.75, 3.05) is 23.5 Å². The Balaban J connectivity index is 1.10. The molecule has 0 bridgehead atoms. The smallest absolute Gasteiger partial charge is 0.137 e. The molecule has 0 fully saturated rings. The van der Waals surface area contributed by atoms with Crippen LogP contribution in [0.2, 0.25) is 0 Å². The molecule has 0 saturated heterocycles. The van der Waals surface area contributed by atoms with Gasteiger partial charge >= 0.3 is 0 Å². The minimum absolute atomic E-state index is 0.0124. The fraction of sp³-hybridized carbons (Fsp3) is 0.146. The lowest BCUT2D eigenvalue weighted by atomic mass is 9.88. The molecule has 0 aliphatic carbocycles. The van der Waals surface area contributed by atoms with Crippen molar-refractivity contribution in [1.29, 1.82) is 0 Å². The lowest BCUT2D eigenvalue weighted by Gasteiger charge is -2.20. The number of furan rings is 1. The van der Waals surface area contributed by atoms with E-state index in [1.54, 1.807) is 0 Å². The normalized spacial score (nSPS) is 13.4. The number of aromatic nitrogens is 2. The highest BCUT2D eigenvalue weighted by Crippen LogP contribution is 2.45. The van der Waals surface area contributed by atoms with Gasteiger partial charge in [-0.15, -0.1) is 0 Å². The van der Waals surface area contributed by atoms with Gasteiger partial charge in [0.05, 0.1) is 29.1 Å². The molecule has 8 aromatic rings. The van der Waals surface area contributed by atoms with Gasteiger partial charge in [-0.3, -0.25) is 4.57 Å². The van der Waals surface area contributed by atoms with Gasteiger partial charge in [0.2, 0.25) is 0 Å². The van der Waals surface area contributed by atoms with Crippen LogP contribution < -0.4 is 14.5 Å². The van der Waals surface area contributed by atoms with Crippen LogP contribution in [0.4, 0.5) is 17.1 Å². The van der Waals surface area contributed by atoms with Crippen LogP contribution in [-0.2, 0) is 5.41 Å². The lowest BCUT2D eigenvalue weighted by molar-refractivity contribution is 0.483.